The maximum Gasteiger partial charge on any atom is 0.227 e. The monoisotopic (exact) mass is 561 g/mol. The van der Waals surface area contributed by atoms with Gasteiger partial charge in [-0.2, -0.15) is 0 Å². The van der Waals surface area contributed by atoms with Crippen molar-refractivity contribution in [3.8, 4) is 0 Å². The molecule has 1 atom stereocenters. The van der Waals surface area contributed by atoms with Crippen molar-refractivity contribution < 1.29 is 4.79 Å². The van der Waals surface area contributed by atoms with E-state index < -0.39 is 0 Å². The lowest BCUT2D eigenvalue weighted by Gasteiger charge is -2.37. The van der Waals surface area contributed by atoms with Gasteiger partial charge in [-0.05, 0) is 56.5 Å². The van der Waals surface area contributed by atoms with E-state index in [2.05, 4.69) is 29.0 Å². The summed E-state index contributed by atoms with van der Waals surface area (Å²) in [5, 5.41) is 4.13. The van der Waals surface area contributed by atoms with Crippen LogP contribution < -0.4 is 5.32 Å². The lowest BCUT2D eigenvalue weighted by Crippen LogP contribution is -2.54. The Labute approximate surface area is 209 Å². The summed E-state index contributed by atoms with van der Waals surface area (Å²) in [6.45, 7) is 12.7. The quantitative estimate of drug-likeness (QED) is 0.329. The minimum Gasteiger partial charge on any atom is -0.357 e. The molecule has 6 nitrogen and oxygen atoms in total. The number of piperazine rings is 1. The first-order valence-corrected chi connectivity index (χ1v) is 11.7. The third-order valence-electron chi connectivity index (χ3n) is 6.06. The molecule has 0 saturated carbocycles. The van der Waals surface area contributed by atoms with Crippen LogP contribution in [0.3, 0.4) is 0 Å². The van der Waals surface area contributed by atoms with E-state index in [-0.39, 0.29) is 29.9 Å². The first kappa shape index (κ1) is 26.2. The highest BCUT2D eigenvalue weighted by molar-refractivity contribution is 14.0. The van der Waals surface area contributed by atoms with Crippen molar-refractivity contribution in [2.75, 3.05) is 58.9 Å². The van der Waals surface area contributed by atoms with E-state index in [4.69, 9.17) is 16.6 Å². The number of amides is 1. The van der Waals surface area contributed by atoms with Crippen LogP contribution in [-0.2, 0) is 11.2 Å². The second-order valence-electron chi connectivity index (χ2n) is 8.27. The van der Waals surface area contributed by atoms with Crippen LogP contribution in [-0.4, -0.2) is 85.5 Å². The fourth-order valence-corrected chi connectivity index (χ4v) is 4.54. The van der Waals surface area contributed by atoms with E-state index >= 15 is 0 Å². The van der Waals surface area contributed by atoms with Crippen LogP contribution in [0.1, 0.15) is 32.3 Å². The van der Waals surface area contributed by atoms with Gasteiger partial charge in [-0.1, -0.05) is 30.7 Å². The van der Waals surface area contributed by atoms with Gasteiger partial charge in [0.05, 0.1) is 6.42 Å². The van der Waals surface area contributed by atoms with Crippen molar-refractivity contribution >= 4 is 47.4 Å². The van der Waals surface area contributed by atoms with Gasteiger partial charge < -0.3 is 20.0 Å². The van der Waals surface area contributed by atoms with E-state index in [0.29, 0.717) is 17.4 Å². The molecule has 2 aliphatic heterocycles. The number of likely N-dealkylation sites (tertiary alicyclic amines) is 1. The highest BCUT2D eigenvalue weighted by Crippen LogP contribution is 2.17. The third kappa shape index (κ3) is 8.09. The van der Waals surface area contributed by atoms with E-state index in [1.54, 1.807) is 0 Å². The Balaban J connectivity index is 0.00000341. The first-order chi connectivity index (χ1) is 14.6. The van der Waals surface area contributed by atoms with E-state index in [1.165, 1.54) is 19.4 Å². The largest absolute Gasteiger partial charge is 0.357 e. The summed E-state index contributed by atoms with van der Waals surface area (Å²) in [5.74, 6) is 1.81. The number of carbonyl (C=O) groups is 1. The zero-order valence-corrected chi connectivity index (χ0v) is 21.9. The van der Waals surface area contributed by atoms with Gasteiger partial charge in [0.25, 0.3) is 0 Å². The van der Waals surface area contributed by atoms with Crippen LogP contribution in [0.25, 0.3) is 0 Å². The van der Waals surface area contributed by atoms with Crippen molar-refractivity contribution in [1.82, 2.24) is 20.0 Å². The molecule has 174 valence electrons. The normalized spacial score (nSPS) is 20.4. The molecule has 1 aromatic carbocycles. The Morgan fingerprint density at radius 1 is 1.16 bits per heavy atom. The molecule has 2 saturated heterocycles. The summed E-state index contributed by atoms with van der Waals surface area (Å²) in [6, 6.07) is 7.56. The fraction of sp³-hybridized carbons (Fsp3) is 0.652. The summed E-state index contributed by atoms with van der Waals surface area (Å²) in [5.41, 5.74) is 0.971. The van der Waals surface area contributed by atoms with E-state index in [1.807, 2.05) is 29.2 Å². The number of hydrogen-bond acceptors (Lipinski definition) is 3. The van der Waals surface area contributed by atoms with Crippen LogP contribution in [0.2, 0.25) is 5.02 Å². The molecule has 0 radical (unpaired) electrons. The number of guanidine groups is 1. The topological polar surface area (TPSA) is 51.2 Å². The van der Waals surface area contributed by atoms with E-state index in [0.717, 1.165) is 63.9 Å². The van der Waals surface area contributed by atoms with Gasteiger partial charge in [-0.15, -0.1) is 24.0 Å². The second kappa shape index (κ2) is 13.5. The standard InChI is InChI=1S/C23H36ClN5O.HI/c1-3-25-23(26-17-20-8-6-10-27(4-2)18-20)29-13-11-28(12-14-29)22(30)16-19-7-5-9-21(24)15-19;/h5,7,9,15,20H,3-4,6,8,10-14,16-18H2,1-2H3,(H,25,26);1H. The van der Waals surface area contributed by atoms with Gasteiger partial charge >= 0.3 is 0 Å². The summed E-state index contributed by atoms with van der Waals surface area (Å²) in [4.78, 5) is 24.4. The van der Waals surface area contributed by atoms with Crippen molar-refractivity contribution in [3.63, 3.8) is 0 Å². The minimum atomic E-state index is 0. The number of nitrogens with one attached hydrogen (secondary N) is 1. The van der Waals surface area contributed by atoms with Gasteiger partial charge in [-0.25, -0.2) is 0 Å². The lowest BCUT2D eigenvalue weighted by molar-refractivity contribution is -0.131. The van der Waals surface area contributed by atoms with Crippen LogP contribution in [0.15, 0.2) is 29.3 Å². The van der Waals surface area contributed by atoms with Gasteiger partial charge in [0, 0.05) is 50.8 Å². The number of carbonyl (C=O) groups excluding carboxylic acids is 1. The molecule has 31 heavy (non-hydrogen) atoms. The molecule has 3 rings (SSSR count). The van der Waals surface area contributed by atoms with Crippen molar-refractivity contribution in [3.05, 3.63) is 34.9 Å². The maximum absolute atomic E-state index is 12.7. The maximum atomic E-state index is 12.7. The number of rotatable bonds is 6. The summed E-state index contributed by atoms with van der Waals surface area (Å²) < 4.78 is 0. The van der Waals surface area contributed by atoms with Crippen LogP contribution >= 0.6 is 35.6 Å². The number of benzene rings is 1. The number of nitrogens with zero attached hydrogens (tertiary/aromatic N) is 4. The first-order valence-electron chi connectivity index (χ1n) is 11.4. The molecule has 2 aliphatic rings. The molecule has 1 amide bonds. The fourth-order valence-electron chi connectivity index (χ4n) is 4.33. The molecule has 8 heteroatoms. The van der Waals surface area contributed by atoms with Crippen LogP contribution in [0.4, 0.5) is 0 Å². The number of halogens is 2. The Morgan fingerprint density at radius 2 is 1.90 bits per heavy atom. The Bertz CT molecular complexity index is 724. The summed E-state index contributed by atoms with van der Waals surface area (Å²) in [7, 11) is 0. The zero-order chi connectivity index (χ0) is 21.3. The molecule has 0 aliphatic carbocycles. The predicted molar refractivity (Wildman–Crippen MR) is 140 cm³/mol. The lowest BCUT2D eigenvalue weighted by atomic mass is 9.98. The van der Waals surface area contributed by atoms with Crippen molar-refractivity contribution in [2.45, 2.75) is 33.1 Å². The smallest absolute Gasteiger partial charge is 0.227 e. The highest BCUT2D eigenvalue weighted by Gasteiger charge is 2.24. The molecule has 0 bridgehead atoms. The van der Waals surface area contributed by atoms with Gasteiger partial charge in [0.2, 0.25) is 5.91 Å². The molecule has 1 aromatic rings. The third-order valence-corrected chi connectivity index (χ3v) is 6.30. The summed E-state index contributed by atoms with van der Waals surface area (Å²) >= 11 is 6.05. The van der Waals surface area contributed by atoms with Crippen LogP contribution in [0, 0.1) is 5.92 Å². The zero-order valence-electron chi connectivity index (χ0n) is 18.9. The minimum absolute atomic E-state index is 0. The Hall–Kier alpha value is -1.06. The van der Waals surface area contributed by atoms with Crippen molar-refractivity contribution in [2.24, 2.45) is 10.9 Å². The number of hydrogen-bond donors (Lipinski definition) is 1. The molecule has 0 aromatic heterocycles. The number of aliphatic imine (C=N–C) groups is 1. The van der Waals surface area contributed by atoms with Gasteiger partial charge in [0.15, 0.2) is 5.96 Å². The van der Waals surface area contributed by atoms with Gasteiger partial charge in [-0.3, -0.25) is 9.79 Å². The average molecular weight is 562 g/mol. The molecular weight excluding hydrogens is 525 g/mol. The second-order valence-corrected chi connectivity index (χ2v) is 8.71. The highest BCUT2D eigenvalue weighted by atomic mass is 127. The Kier molecular flexibility index (Phi) is 11.4. The summed E-state index contributed by atoms with van der Waals surface area (Å²) in [6.07, 6.45) is 2.95. The molecule has 2 heterocycles. The molecular formula is C23H37ClIN5O. The molecule has 0 spiro atoms. The molecule has 2 fully saturated rings. The molecule has 1 unspecified atom stereocenters. The average Bonchev–Trinajstić information content (AvgIpc) is 2.77. The number of piperidine rings is 1. The van der Waals surface area contributed by atoms with Crippen molar-refractivity contribution in [1.29, 1.82) is 0 Å². The SMILES string of the molecule is CCNC(=NCC1CCCN(CC)C1)N1CCN(C(=O)Cc2cccc(Cl)c2)CC1.I. The van der Waals surface area contributed by atoms with Gasteiger partial charge in [0.1, 0.15) is 0 Å². The van der Waals surface area contributed by atoms with E-state index in [9.17, 15) is 4.79 Å². The Morgan fingerprint density at radius 3 is 2.58 bits per heavy atom. The van der Waals surface area contributed by atoms with Crippen LogP contribution in [0.5, 0.6) is 0 Å². The molecule has 1 N–H and O–H groups in total. The predicted octanol–water partition coefficient (Wildman–Crippen LogP) is 3.34.